The van der Waals surface area contributed by atoms with Gasteiger partial charge in [0.1, 0.15) is 0 Å². The lowest BCUT2D eigenvalue weighted by atomic mass is 10.2. The topological polar surface area (TPSA) is 94.9 Å². The molecule has 5 aromatic rings. The van der Waals surface area contributed by atoms with E-state index in [1.54, 1.807) is 23.9 Å². The Balaban J connectivity index is 1.65. The lowest BCUT2D eigenvalue weighted by Crippen LogP contribution is -1.98. The number of rotatable bonds is 3. The summed E-state index contributed by atoms with van der Waals surface area (Å²) in [6.45, 7) is 1.80. The van der Waals surface area contributed by atoms with Crippen molar-refractivity contribution >= 4 is 40.1 Å². The molecule has 9 heteroatoms. The zero-order valence-electron chi connectivity index (χ0n) is 14.6. The molecule has 0 saturated heterocycles. The van der Waals surface area contributed by atoms with Crippen LogP contribution in [0, 0.1) is 6.92 Å². The van der Waals surface area contributed by atoms with E-state index >= 15 is 0 Å². The lowest BCUT2D eigenvalue weighted by Gasteiger charge is -2.01. The average molecular weight is 390 g/mol. The summed E-state index contributed by atoms with van der Waals surface area (Å²) in [6.07, 6.45) is 1.64. The Morgan fingerprint density at radius 1 is 1.00 bits per heavy atom. The van der Waals surface area contributed by atoms with Crippen molar-refractivity contribution in [2.24, 2.45) is 5.10 Å². The van der Waals surface area contributed by atoms with E-state index in [1.165, 1.54) is 0 Å². The van der Waals surface area contributed by atoms with Gasteiger partial charge in [-0.25, -0.2) is 9.97 Å². The molecule has 0 atom stereocenters. The van der Waals surface area contributed by atoms with Gasteiger partial charge in [0.15, 0.2) is 17.0 Å². The number of aromatic nitrogens is 6. The van der Waals surface area contributed by atoms with E-state index in [-0.39, 0.29) is 0 Å². The number of fused-ring (bicyclic) bond motifs is 2. The first-order valence-corrected chi connectivity index (χ1v) is 8.82. The molecular weight excluding hydrogens is 378 g/mol. The molecule has 3 aromatic heterocycles. The summed E-state index contributed by atoms with van der Waals surface area (Å²) in [7, 11) is 0. The fourth-order valence-corrected chi connectivity index (χ4v) is 3.01. The highest BCUT2D eigenvalue weighted by Crippen LogP contribution is 2.26. The van der Waals surface area contributed by atoms with Gasteiger partial charge < -0.3 is 4.52 Å². The van der Waals surface area contributed by atoms with Crippen molar-refractivity contribution in [1.82, 2.24) is 30.0 Å². The first-order chi connectivity index (χ1) is 13.7. The van der Waals surface area contributed by atoms with Gasteiger partial charge in [-0.3, -0.25) is 0 Å². The third-order valence-electron chi connectivity index (χ3n) is 4.21. The summed E-state index contributed by atoms with van der Waals surface area (Å²) in [5, 5.41) is 17.5. The Bertz CT molecular complexity index is 1360. The van der Waals surface area contributed by atoms with Gasteiger partial charge in [-0.15, -0.1) is 10.2 Å². The maximum Gasteiger partial charge on any atom is 0.277 e. The number of benzene rings is 2. The van der Waals surface area contributed by atoms with E-state index in [2.05, 4.69) is 30.4 Å². The van der Waals surface area contributed by atoms with E-state index in [9.17, 15) is 0 Å². The maximum atomic E-state index is 6.20. The Morgan fingerprint density at radius 3 is 2.57 bits per heavy atom. The first kappa shape index (κ1) is 16.5. The smallest absolute Gasteiger partial charge is 0.277 e. The van der Waals surface area contributed by atoms with Crippen LogP contribution in [0.5, 0.6) is 0 Å². The molecule has 0 aliphatic carbocycles. The molecule has 0 fully saturated rings. The summed E-state index contributed by atoms with van der Waals surface area (Å²) in [6, 6.07) is 15.0. The fraction of sp³-hybridized carbons (Fsp3) is 0.0526. The molecule has 28 heavy (non-hydrogen) atoms. The molecule has 136 valence electrons. The number of halogens is 1. The Morgan fingerprint density at radius 2 is 1.75 bits per heavy atom. The van der Waals surface area contributed by atoms with Crippen LogP contribution in [0.25, 0.3) is 33.8 Å². The molecule has 0 bridgehead atoms. The molecule has 3 heterocycles. The van der Waals surface area contributed by atoms with Gasteiger partial charge in [0.2, 0.25) is 5.82 Å². The average Bonchev–Trinajstić information content (AvgIpc) is 3.28. The van der Waals surface area contributed by atoms with Crippen molar-refractivity contribution in [3.05, 3.63) is 64.9 Å². The molecule has 0 saturated carbocycles. The van der Waals surface area contributed by atoms with Crippen molar-refractivity contribution in [3.8, 4) is 11.5 Å². The van der Waals surface area contributed by atoms with E-state index in [1.807, 2.05) is 42.5 Å². The van der Waals surface area contributed by atoms with Crippen molar-refractivity contribution < 1.29 is 4.52 Å². The predicted molar refractivity (Wildman–Crippen MR) is 105 cm³/mol. The molecule has 0 N–H and O–H groups in total. The zero-order valence-corrected chi connectivity index (χ0v) is 15.4. The Kier molecular flexibility index (Phi) is 3.84. The normalized spacial score (nSPS) is 11.8. The van der Waals surface area contributed by atoms with Crippen molar-refractivity contribution in [2.45, 2.75) is 6.92 Å². The summed E-state index contributed by atoms with van der Waals surface area (Å²) < 4.78 is 6.95. The number of nitrogens with zero attached hydrogens (tertiary/aromatic N) is 7. The van der Waals surface area contributed by atoms with Gasteiger partial charge in [-0.1, -0.05) is 47.1 Å². The second-order valence-electron chi connectivity index (χ2n) is 6.05. The lowest BCUT2D eigenvalue weighted by molar-refractivity contribution is 0.451. The molecule has 0 radical (unpaired) electrons. The standard InChI is InChI=1S/C19H12ClN7O/c1-11-24-25-18(27(11)21-10-12-6-2-3-7-13(12)20)16-17-19(28-26-16)23-15-9-5-4-8-14(15)22-17/h2-10H,1H3/b21-10+. The van der Waals surface area contributed by atoms with Gasteiger partial charge in [-0.2, -0.15) is 9.78 Å². The van der Waals surface area contributed by atoms with Crippen LogP contribution in [-0.2, 0) is 0 Å². The summed E-state index contributed by atoms with van der Waals surface area (Å²) in [4.78, 5) is 9.08. The van der Waals surface area contributed by atoms with Crippen LogP contribution in [0.1, 0.15) is 11.4 Å². The minimum atomic E-state index is 0.330. The monoisotopic (exact) mass is 389 g/mol. The van der Waals surface area contributed by atoms with E-state index in [4.69, 9.17) is 16.1 Å². The van der Waals surface area contributed by atoms with Gasteiger partial charge in [0, 0.05) is 10.6 Å². The highest BCUT2D eigenvalue weighted by atomic mass is 35.5. The highest BCUT2D eigenvalue weighted by Gasteiger charge is 2.21. The van der Waals surface area contributed by atoms with Gasteiger partial charge in [0.05, 0.1) is 17.2 Å². The second-order valence-corrected chi connectivity index (χ2v) is 6.45. The number of para-hydroxylation sites is 2. The maximum absolute atomic E-state index is 6.20. The van der Waals surface area contributed by atoms with Crippen LogP contribution in [-0.4, -0.2) is 36.2 Å². The quantitative estimate of drug-likeness (QED) is 0.434. The Hall–Kier alpha value is -3.65. The van der Waals surface area contributed by atoms with Crippen LogP contribution in [0.4, 0.5) is 0 Å². The first-order valence-electron chi connectivity index (χ1n) is 8.44. The van der Waals surface area contributed by atoms with Gasteiger partial charge >= 0.3 is 0 Å². The van der Waals surface area contributed by atoms with Crippen LogP contribution in [0.3, 0.4) is 0 Å². The number of hydrogen-bond acceptors (Lipinski definition) is 7. The largest absolute Gasteiger partial charge is 0.333 e. The highest BCUT2D eigenvalue weighted by molar-refractivity contribution is 6.33. The third kappa shape index (κ3) is 2.71. The molecule has 0 unspecified atom stereocenters. The molecule has 5 rings (SSSR count). The summed E-state index contributed by atoms with van der Waals surface area (Å²) in [5.41, 5.74) is 3.49. The molecular formula is C19H12ClN7O. The van der Waals surface area contributed by atoms with Crippen LogP contribution in [0.15, 0.2) is 58.2 Å². The number of aryl methyl sites for hydroxylation is 1. The van der Waals surface area contributed by atoms with Crippen LogP contribution < -0.4 is 0 Å². The molecule has 0 amide bonds. The molecule has 2 aromatic carbocycles. The second kappa shape index (κ2) is 6.50. The zero-order chi connectivity index (χ0) is 19.1. The fourth-order valence-electron chi connectivity index (χ4n) is 2.82. The molecule has 0 spiro atoms. The van der Waals surface area contributed by atoms with E-state index in [0.717, 1.165) is 16.6 Å². The van der Waals surface area contributed by atoms with Crippen molar-refractivity contribution in [2.75, 3.05) is 0 Å². The molecule has 0 aliphatic rings. The summed E-state index contributed by atoms with van der Waals surface area (Å²) in [5.74, 6) is 0.993. The summed E-state index contributed by atoms with van der Waals surface area (Å²) >= 11 is 6.20. The third-order valence-corrected chi connectivity index (χ3v) is 4.56. The molecule has 0 aliphatic heterocycles. The number of hydrogen-bond donors (Lipinski definition) is 0. The van der Waals surface area contributed by atoms with E-state index < -0.39 is 0 Å². The minimum Gasteiger partial charge on any atom is -0.333 e. The minimum absolute atomic E-state index is 0.330. The molecule has 8 nitrogen and oxygen atoms in total. The Labute approximate surface area is 163 Å². The SMILES string of the molecule is Cc1nnc(-c2noc3nc4ccccc4nc23)n1/N=C/c1ccccc1Cl. The van der Waals surface area contributed by atoms with Crippen molar-refractivity contribution in [1.29, 1.82) is 0 Å². The predicted octanol–water partition coefficient (Wildman–Crippen LogP) is 3.87. The van der Waals surface area contributed by atoms with Gasteiger partial charge in [-0.05, 0) is 25.1 Å². The van der Waals surface area contributed by atoms with Crippen LogP contribution >= 0.6 is 11.6 Å². The van der Waals surface area contributed by atoms with Gasteiger partial charge in [0.25, 0.3) is 5.71 Å². The van der Waals surface area contributed by atoms with E-state index in [0.29, 0.717) is 33.6 Å². The van der Waals surface area contributed by atoms with Crippen LogP contribution in [0.2, 0.25) is 5.02 Å². The van der Waals surface area contributed by atoms with Crippen molar-refractivity contribution in [3.63, 3.8) is 0 Å².